The van der Waals surface area contributed by atoms with E-state index in [1.54, 1.807) is 0 Å². The molecule has 1 radical (unpaired) electrons. The Morgan fingerprint density at radius 2 is 2.21 bits per heavy atom. The van der Waals surface area contributed by atoms with E-state index < -0.39 is 11.7 Å². The monoisotopic (exact) mass is 199 g/mol. The molecule has 3 nitrogen and oxygen atoms in total. The summed E-state index contributed by atoms with van der Waals surface area (Å²) in [6.45, 7) is 5.47. The molecule has 0 amide bonds. The standard InChI is InChI=1S/C11H19O3/c1-3-5-6-7-10(13)11(14,9-12)8-4-2/h4,10,13-14H,2-3,5-8H2,1H3. The summed E-state index contributed by atoms with van der Waals surface area (Å²) in [5.41, 5.74) is -1.77. The topological polar surface area (TPSA) is 57.5 Å². The number of carbonyl (C=O) groups excluding carboxylic acids is 1. The molecule has 0 aliphatic carbocycles. The molecule has 0 saturated heterocycles. The van der Waals surface area contributed by atoms with Gasteiger partial charge in [-0.05, 0) is 6.42 Å². The Kier molecular flexibility index (Phi) is 6.41. The number of unbranched alkanes of at least 4 members (excludes halogenated alkanes) is 2. The maximum Gasteiger partial charge on any atom is 0.236 e. The summed E-state index contributed by atoms with van der Waals surface area (Å²) < 4.78 is 0. The summed E-state index contributed by atoms with van der Waals surface area (Å²) in [7, 11) is 0. The molecule has 0 heterocycles. The van der Waals surface area contributed by atoms with E-state index >= 15 is 0 Å². The van der Waals surface area contributed by atoms with Gasteiger partial charge in [0.05, 0.1) is 6.10 Å². The summed E-state index contributed by atoms with van der Waals surface area (Å²) in [4.78, 5) is 10.5. The van der Waals surface area contributed by atoms with Crippen LogP contribution in [0.1, 0.15) is 39.0 Å². The third-order valence-electron chi connectivity index (χ3n) is 2.26. The predicted molar refractivity (Wildman–Crippen MR) is 55.6 cm³/mol. The van der Waals surface area contributed by atoms with Crippen LogP contribution in [0.4, 0.5) is 0 Å². The van der Waals surface area contributed by atoms with Gasteiger partial charge in [0.15, 0.2) is 5.60 Å². The number of rotatable bonds is 8. The third-order valence-corrected chi connectivity index (χ3v) is 2.26. The SMILES string of the molecule is C=CCC(O)([C]=O)C(O)CCCCC. The van der Waals surface area contributed by atoms with Crippen molar-refractivity contribution in [2.24, 2.45) is 0 Å². The van der Waals surface area contributed by atoms with Crippen molar-refractivity contribution in [2.75, 3.05) is 0 Å². The zero-order valence-corrected chi connectivity index (χ0v) is 8.70. The lowest BCUT2D eigenvalue weighted by Crippen LogP contribution is -2.43. The molecule has 2 unspecified atom stereocenters. The van der Waals surface area contributed by atoms with Crippen LogP contribution in [0.15, 0.2) is 12.7 Å². The Morgan fingerprint density at radius 1 is 1.57 bits per heavy atom. The third kappa shape index (κ3) is 4.03. The Bertz CT molecular complexity index is 179. The Labute approximate surface area is 85.4 Å². The Hall–Kier alpha value is -0.670. The van der Waals surface area contributed by atoms with Crippen LogP contribution < -0.4 is 0 Å². The highest BCUT2D eigenvalue weighted by molar-refractivity contribution is 5.64. The molecule has 3 heteroatoms. The van der Waals surface area contributed by atoms with E-state index in [0.717, 1.165) is 19.3 Å². The van der Waals surface area contributed by atoms with E-state index in [4.69, 9.17) is 0 Å². The molecular weight excluding hydrogens is 180 g/mol. The second kappa shape index (κ2) is 6.74. The maximum absolute atomic E-state index is 10.5. The largest absolute Gasteiger partial charge is 0.390 e. The molecule has 0 aromatic carbocycles. The van der Waals surface area contributed by atoms with Gasteiger partial charge in [0.1, 0.15) is 0 Å². The van der Waals surface area contributed by atoms with Gasteiger partial charge in [-0.25, -0.2) is 0 Å². The number of aliphatic hydroxyl groups excluding tert-OH is 1. The first kappa shape index (κ1) is 13.3. The summed E-state index contributed by atoms with van der Waals surface area (Å²) in [6.07, 6.45) is 5.16. The molecule has 0 rings (SSSR count). The van der Waals surface area contributed by atoms with Crippen LogP contribution in [-0.4, -0.2) is 28.2 Å². The lowest BCUT2D eigenvalue weighted by Gasteiger charge is -2.25. The first-order valence-corrected chi connectivity index (χ1v) is 5.01. The number of hydrogen-bond acceptors (Lipinski definition) is 3. The van der Waals surface area contributed by atoms with E-state index in [1.165, 1.54) is 12.4 Å². The molecule has 0 aliphatic rings. The molecule has 0 aromatic heterocycles. The van der Waals surface area contributed by atoms with Gasteiger partial charge in [-0.1, -0.05) is 32.3 Å². The fraction of sp³-hybridized carbons (Fsp3) is 0.727. The molecule has 2 N–H and O–H groups in total. The number of hydrogen-bond donors (Lipinski definition) is 2. The lowest BCUT2D eigenvalue weighted by molar-refractivity contribution is -0.0284. The van der Waals surface area contributed by atoms with Gasteiger partial charge in [0, 0.05) is 6.42 Å². The van der Waals surface area contributed by atoms with Crippen LogP contribution in [0.2, 0.25) is 0 Å². The molecule has 2 atom stereocenters. The average Bonchev–Trinajstić information content (AvgIpc) is 2.18. The molecule has 0 fully saturated rings. The fourth-order valence-corrected chi connectivity index (χ4v) is 1.29. The minimum absolute atomic E-state index is 0.0454. The van der Waals surface area contributed by atoms with Gasteiger partial charge < -0.3 is 10.2 Å². The highest BCUT2D eigenvalue weighted by Crippen LogP contribution is 2.18. The fourth-order valence-electron chi connectivity index (χ4n) is 1.29. The highest BCUT2D eigenvalue weighted by atomic mass is 16.3. The molecule has 0 bridgehead atoms. The van der Waals surface area contributed by atoms with Crippen LogP contribution in [0.25, 0.3) is 0 Å². The van der Waals surface area contributed by atoms with Gasteiger partial charge in [-0.3, -0.25) is 4.79 Å². The van der Waals surface area contributed by atoms with Crippen LogP contribution in [0, 0.1) is 0 Å². The summed E-state index contributed by atoms with van der Waals surface area (Å²) in [6, 6.07) is 0. The lowest BCUT2D eigenvalue weighted by atomic mass is 9.91. The van der Waals surface area contributed by atoms with E-state index in [2.05, 4.69) is 6.58 Å². The first-order chi connectivity index (χ1) is 6.60. The smallest absolute Gasteiger partial charge is 0.236 e. The van der Waals surface area contributed by atoms with Crippen molar-refractivity contribution in [3.05, 3.63) is 12.7 Å². The number of aliphatic hydroxyl groups is 2. The van der Waals surface area contributed by atoms with Gasteiger partial charge in [0.25, 0.3) is 0 Å². The van der Waals surface area contributed by atoms with Gasteiger partial charge in [0.2, 0.25) is 6.29 Å². The van der Waals surface area contributed by atoms with Crippen molar-refractivity contribution >= 4 is 6.29 Å². The Balaban J connectivity index is 4.08. The van der Waals surface area contributed by atoms with Gasteiger partial charge >= 0.3 is 0 Å². The minimum Gasteiger partial charge on any atom is -0.390 e. The van der Waals surface area contributed by atoms with Crippen molar-refractivity contribution < 1.29 is 15.0 Å². The van der Waals surface area contributed by atoms with E-state index in [0.29, 0.717) is 6.42 Å². The summed E-state index contributed by atoms with van der Waals surface area (Å²) in [5, 5.41) is 19.2. The van der Waals surface area contributed by atoms with Crippen molar-refractivity contribution in [1.82, 2.24) is 0 Å². The first-order valence-electron chi connectivity index (χ1n) is 5.01. The van der Waals surface area contributed by atoms with Crippen molar-refractivity contribution in [3.63, 3.8) is 0 Å². The second-order valence-corrected chi connectivity index (χ2v) is 3.53. The van der Waals surface area contributed by atoms with E-state index in [9.17, 15) is 15.0 Å². The average molecular weight is 199 g/mol. The van der Waals surface area contributed by atoms with Gasteiger partial charge in [-0.15, -0.1) is 6.58 Å². The van der Waals surface area contributed by atoms with Crippen molar-refractivity contribution in [3.8, 4) is 0 Å². The molecule has 0 spiro atoms. The summed E-state index contributed by atoms with van der Waals surface area (Å²) >= 11 is 0. The van der Waals surface area contributed by atoms with Crippen molar-refractivity contribution in [1.29, 1.82) is 0 Å². The van der Waals surface area contributed by atoms with Crippen LogP contribution >= 0.6 is 0 Å². The molecular formula is C11H19O3. The van der Waals surface area contributed by atoms with Crippen molar-refractivity contribution in [2.45, 2.75) is 50.7 Å². The molecule has 0 aromatic rings. The minimum atomic E-state index is -1.77. The van der Waals surface area contributed by atoms with Gasteiger partial charge in [-0.2, -0.15) is 0 Å². The normalized spacial score (nSPS) is 17.1. The summed E-state index contributed by atoms with van der Waals surface area (Å²) in [5.74, 6) is 0. The van der Waals surface area contributed by atoms with Crippen LogP contribution in [0.3, 0.4) is 0 Å². The highest BCUT2D eigenvalue weighted by Gasteiger charge is 2.34. The zero-order chi connectivity index (χ0) is 11.0. The van der Waals surface area contributed by atoms with Crippen LogP contribution in [-0.2, 0) is 4.79 Å². The maximum atomic E-state index is 10.5. The molecule has 81 valence electrons. The molecule has 0 aliphatic heterocycles. The molecule has 14 heavy (non-hydrogen) atoms. The van der Waals surface area contributed by atoms with Crippen LogP contribution in [0.5, 0.6) is 0 Å². The van der Waals surface area contributed by atoms with E-state index in [-0.39, 0.29) is 6.42 Å². The molecule has 0 saturated carbocycles. The zero-order valence-electron chi connectivity index (χ0n) is 8.70. The quantitative estimate of drug-likeness (QED) is 0.458. The second-order valence-electron chi connectivity index (χ2n) is 3.53. The van der Waals surface area contributed by atoms with E-state index in [1.807, 2.05) is 6.92 Å². The predicted octanol–water partition coefficient (Wildman–Crippen LogP) is 1.34. The Morgan fingerprint density at radius 3 is 2.64 bits per heavy atom.